The number of alkyl halides is 3. The second-order valence-electron chi connectivity index (χ2n) is 3.12. The van der Waals surface area contributed by atoms with E-state index in [1.807, 2.05) is 0 Å². The van der Waals surface area contributed by atoms with E-state index < -0.39 is 11.7 Å². The lowest BCUT2D eigenvalue weighted by Crippen LogP contribution is -2.07. The van der Waals surface area contributed by atoms with Crippen molar-refractivity contribution in [2.75, 3.05) is 0 Å². The molecule has 2 aromatic rings. The molecule has 84 valence electrons. The highest BCUT2D eigenvalue weighted by atomic mass is 35.5. The van der Waals surface area contributed by atoms with Crippen LogP contribution >= 0.6 is 23.2 Å². The Balaban J connectivity index is 2.92. The van der Waals surface area contributed by atoms with Gasteiger partial charge in [-0.1, -0.05) is 35.3 Å². The Morgan fingerprint density at radius 2 is 1.81 bits per heavy atom. The predicted octanol–water partition coefficient (Wildman–Crippen LogP) is 4.56. The average molecular weight is 266 g/mol. The summed E-state index contributed by atoms with van der Waals surface area (Å²) in [7, 11) is 0. The lowest BCUT2D eigenvalue weighted by atomic mass is 10.1. The number of hydrogen-bond acceptors (Lipinski definition) is 1. The molecule has 0 N–H and O–H groups in total. The van der Waals surface area contributed by atoms with Crippen molar-refractivity contribution < 1.29 is 13.2 Å². The van der Waals surface area contributed by atoms with Crippen LogP contribution in [0.3, 0.4) is 0 Å². The number of fused-ring (bicyclic) bond motifs is 1. The van der Waals surface area contributed by atoms with E-state index in [0.29, 0.717) is 6.20 Å². The zero-order valence-electron chi connectivity index (χ0n) is 7.65. The van der Waals surface area contributed by atoms with Gasteiger partial charge in [0.1, 0.15) is 5.15 Å². The van der Waals surface area contributed by atoms with Crippen molar-refractivity contribution in [1.29, 1.82) is 0 Å². The molecule has 0 saturated carbocycles. The Morgan fingerprint density at radius 1 is 1.12 bits per heavy atom. The number of nitrogens with zero attached hydrogens (tertiary/aromatic N) is 1. The molecule has 0 radical (unpaired) electrons. The SMILES string of the molecule is FC(F)(F)c1cnc(Cl)c2cccc(Cl)c12. The van der Waals surface area contributed by atoms with Gasteiger partial charge in [-0.2, -0.15) is 13.2 Å². The van der Waals surface area contributed by atoms with Gasteiger partial charge in [-0.3, -0.25) is 0 Å². The molecule has 0 unspecified atom stereocenters. The van der Waals surface area contributed by atoms with E-state index in [0.717, 1.165) is 0 Å². The van der Waals surface area contributed by atoms with Gasteiger partial charge in [0.2, 0.25) is 0 Å². The summed E-state index contributed by atoms with van der Waals surface area (Å²) in [5.41, 5.74) is -0.877. The Bertz CT molecular complexity index is 551. The van der Waals surface area contributed by atoms with Crippen LogP contribution in [-0.4, -0.2) is 4.98 Å². The molecule has 6 heteroatoms. The fourth-order valence-corrected chi connectivity index (χ4v) is 1.92. The smallest absolute Gasteiger partial charge is 0.243 e. The molecule has 0 spiro atoms. The van der Waals surface area contributed by atoms with E-state index in [4.69, 9.17) is 23.2 Å². The highest BCUT2D eigenvalue weighted by molar-refractivity contribution is 6.39. The molecule has 0 aliphatic carbocycles. The van der Waals surface area contributed by atoms with Gasteiger partial charge in [-0.05, 0) is 6.07 Å². The molecule has 1 nitrogen and oxygen atoms in total. The Morgan fingerprint density at radius 3 is 2.44 bits per heavy atom. The maximum Gasteiger partial charge on any atom is 0.418 e. The molecule has 1 aromatic carbocycles. The monoisotopic (exact) mass is 265 g/mol. The maximum atomic E-state index is 12.7. The van der Waals surface area contributed by atoms with E-state index in [-0.39, 0.29) is 20.9 Å². The standard InChI is InChI=1S/C10H4Cl2F3N/c11-7-3-1-2-5-8(7)6(10(13,14)15)4-16-9(5)12/h1-4H. The van der Waals surface area contributed by atoms with Crippen molar-refractivity contribution in [3.8, 4) is 0 Å². The van der Waals surface area contributed by atoms with Crippen LogP contribution in [0.4, 0.5) is 13.2 Å². The van der Waals surface area contributed by atoms with Crippen molar-refractivity contribution in [3.05, 3.63) is 40.1 Å². The Labute approximate surface area is 98.8 Å². The minimum atomic E-state index is -4.50. The Hall–Kier alpha value is -1.00. The van der Waals surface area contributed by atoms with Gasteiger partial charge in [0, 0.05) is 22.0 Å². The van der Waals surface area contributed by atoms with Crippen LogP contribution in [0, 0.1) is 0 Å². The van der Waals surface area contributed by atoms with Crippen molar-refractivity contribution in [3.63, 3.8) is 0 Å². The quantitative estimate of drug-likeness (QED) is 0.637. The molecule has 0 bridgehead atoms. The highest BCUT2D eigenvalue weighted by Gasteiger charge is 2.34. The number of aromatic nitrogens is 1. The summed E-state index contributed by atoms with van der Waals surface area (Å²) in [6, 6.07) is 4.36. The molecule has 0 atom stereocenters. The van der Waals surface area contributed by atoms with E-state index in [1.165, 1.54) is 18.2 Å². The largest absolute Gasteiger partial charge is 0.418 e. The van der Waals surface area contributed by atoms with Crippen LogP contribution in [0.5, 0.6) is 0 Å². The predicted molar refractivity (Wildman–Crippen MR) is 56.8 cm³/mol. The lowest BCUT2D eigenvalue weighted by Gasteiger charge is -2.11. The van der Waals surface area contributed by atoms with E-state index in [9.17, 15) is 13.2 Å². The lowest BCUT2D eigenvalue weighted by molar-refractivity contribution is -0.136. The van der Waals surface area contributed by atoms with Crippen molar-refractivity contribution in [2.45, 2.75) is 6.18 Å². The summed E-state index contributed by atoms with van der Waals surface area (Å²) in [4.78, 5) is 3.50. The molecule has 0 aliphatic rings. The van der Waals surface area contributed by atoms with E-state index in [1.54, 1.807) is 0 Å². The van der Waals surface area contributed by atoms with Crippen LogP contribution in [-0.2, 0) is 6.18 Å². The first-order valence-corrected chi connectivity index (χ1v) is 4.97. The molecular weight excluding hydrogens is 262 g/mol. The molecule has 0 aliphatic heterocycles. The van der Waals surface area contributed by atoms with Crippen LogP contribution in [0.2, 0.25) is 10.2 Å². The molecule has 16 heavy (non-hydrogen) atoms. The third-order valence-electron chi connectivity index (χ3n) is 2.12. The van der Waals surface area contributed by atoms with Crippen molar-refractivity contribution in [1.82, 2.24) is 4.98 Å². The fourth-order valence-electron chi connectivity index (χ4n) is 1.44. The molecular formula is C10H4Cl2F3N. The van der Waals surface area contributed by atoms with Crippen LogP contribution in [0.25, 0.3) is 10.8 Å². The molecule has 2 rings (SSSR count). The van der Waals surface area contributed by atoms with Gasteiger partial charge in [0.25, 0.3) is 0 Å². The van der Waals surface area contributed by atoms with Gasteiger partial charge < -0.3 is 0 Å². The Kier molecular flexibility index (Phi) is 2.72. The number of hydrogen-bond donors (Lipinski definition) is 0. The topological polar surface area (TPSA) is 12.9 Å². The third kappa shape index (κ3) is 1.83. The molecule has 1 heterocycles. The zero-order chi connectivity index (χ0) is 11.9. The normalized spacial score (nSPS) is 12.1. The van der Waals surface area contributed by atoms with Gasteiger partial charge in [-0.15, -0.1) is 0 Å². The molecule has 1 aromatic heterocycles. The summed E-state index contributed by atoms with van der Waals surface area (Å²) < 4.78 is 38.1. The summed E-state index contributed by atoms with van der Waals surface area (Å²) in [5, 5.41) is 0.0975. The summed E-state index contributed by atoms with van der Waals surface area (Å²) in [5.74, 6) is 0. The number of rotatable bonds is 0. The number of pyridine rings is 1. The number of benzene rings is 1. The van der Waals surface area contributed by atoms with Gasteiger partial charge in [-0.25, -0.2) is 4.98 Å². The minimum absolute atomic E-state index is 0.00509. The first-order chi connectivity index (χ1) is 7.41. The maximum absolute atomic E-state index is 12.7. The average Bonchev–Trinajstić information content (AvgIpc) is 2.18. The van der Waals surface area contributed by atoms with Gasteiger partial charge in [0.15, 0.2) is 0 Å². The second-order valence-corrected chi connectivity index (χ2v) is 3.89. The van der Waals surface area contributed by atoms with Gasteiger partial charge >= 0.3 is 6.18 Å². The fraction of sp³-hybridized carbons (Fsp3) is 0.100. The summed E-state index contributed by atoms with van der Waals surface area (Å²) in [6.07, 6.45) is -3.81. The molecule has 0 fully saturated rings. The number of halogens is 5. The van der Waals surface area contributed by atoms with Crippen molar-refractivity contribution in [2.24, 2.45) is 0 Å². The summed E-state index contributed by atoms with van der Waals surface area (Å²) >= 11 is 11.5. The van der Waals surface area contributed by atoms with Crippen LogP contribution in [0.15, 0.2) is 24.4 Å². The van der Waals surface area contributed by atoms with Crippen LogP contribution in [0.1, 0.15) is 5.56 Å². The second kappa shape index (κ2) is 3.79. The van der Waals surface area contributed by atoms with Crippen molar-refractivity contribution >= 4 is 34.0 Å². The summed E-state index contributed by atoms with van der Waals surface area (Å²) in [6.45, 7) is 0. The van der Waals surface area contributed by atoms with E-state index in [2.05, 4.69) is 4.98 Å². The minimum Gasteiger partial charge on any atom is -0.243 e. The highest BCUT2D eigenvalue weighted by Crippen LogP contribution is 2.39. The van der Waals surface area contributed by atoms with E-state index >= 15 is 0 Å². The third-order valence-corrected chi connectivity index (χ3v) is 2.73. The molecule has 0 amide bonds. The zero-order valence-corrected chi connectivity index (χ0v) is 9.16. The first-order valence-electron chi connectivity index (χ1n) is 4.21. The van der Waals surface area contributed by atoms with Crippen LogP contribution < -0.4 is 0 Å². The first kappa shape index (κ1) is 11.5. The van der Waals surface area contributed by atoms with Gasteiger partial charge in [0.05, 0.1) is 5.56 Å². The molecule has 0 saturated heterocycles.